The summed E-state index contributed by atoms with van der Waals surface area (Å²) in [6.07, 6.45) is 2.42. The number of hydrogen-bond acceptors (Lipinski definition) is 4. The van der Waals surface area contributed by atoms with E-state index in [0.29, 0.717) is 23.7 Å². The molecule has 2 aromatic carbocycles. The summed E-state index contributed by atoms with van der Waals surface area (Å²) >= 11 is 6.25. The highest BCUT2D eigenvalue weighted by Gasteiger charge is 2.17. The molecule has 134 valence electrons. The van der Waals surface area contributed by atoms with Crippen LogP contribution in [0.3, 0.4) is 0 Å². The van der Waals surface area contributed by atoms with Crippen molar-refractivity contribution in [2.24, 2.45) is 0 Å². The molecule has 1 aromatic heterocycles. The van der Waals surface area contributed by atoms with Crippen LogP contribution in [0.1, 0.15) is 28.4 Å². The second-order valence-corrected chi connectivity index (χ2v) is 6.49. The van der Waals surface area contributed by atoms with Crippen molar-refractivity contribution in [3.8, 4) is 0 Å². The van der Waals surface area contributed by atoms with Crippen molar-refractivity contribution in [2.75, 3.05) is 18.5 Å². The molecule has 26 heavy (non-hydrogen) atoms. The van der Waals surface area contributed by atoms with E-state index in [2.05, 4.69) is 22.4 Å². The largest absolute Gasteiger partial charge is 0.462 e. The van der Waals surface area contributed by atoms with E-state index in [1.54, 1.807) is 13.1 Å². The number of aromatic nitrogens is 1. The summed E-state index contributed by atoms with van der Waals surface area (Å²) in [6, 6.07) is 13.9. The zero-order chi connectivity index (χ0) is 18.5. The third-order valence-corrected chi connectivity index (χ3v) is 4.40. The molecular formula is C21H21ClN2O2. The zero-order valence-corrected chi connectivity index (χ0v) is 15.6. The third kappa shape index (κ3) is 3.97. The number of anilines is 1. The summed E-state index contributed by atoms with van der Waals surface area (Å²) in [4.78, 5) is 16.8. The third-order valence-electron chi connectivity index (χ3n) is 4.18. The quantitative estimate of drug-likeness (QED) is 0.620. The van der Waals surface area contributed by atoms with Crippen LogP contribution in [-0.4, -0.2) is 24.1 Å². The number of pyridine rings is 1. The van der Waals surface area contributed by atoms with Gasteiger partial charge in [-0.1, -0.05) is 41.9 Å². The molecule has 0 aliphatic rings. The molecule has 0 fully saturated rings. The molecule has 0 unspecified atom stereocenters. The van der Waals surface area contributed by atoms with Crippen LogP contribution in [0, 0.1) is 6.92 Å². The fourth-order valence-electron chi connectivity index (χ4n) is 2.97. The zero-order valence-electron chi connectivity index (χ0n) is 14.9. The topological polar surface area (TPSA) is 51.2 Å². The van der Waals surface area contributed by atoms with Crippen LogP contribution in [0.4, 0.5) is 5.69 Å². The predicted octanol–water partition coefficient (Wildman–Crippen LogP) is 5.03. The average Bonchev–Trinajstić information content (AvgIpc) is 2.63. The van der Waals surface area contributed by atoms with Crippen LogP contribution < -0.4 is 5.32 Å². The van der Waals surface area contributed by atoms with Crippen LogP contribution in [0.2, 0.25) is 5.02 Å². The Morgan fingerprint density at radius 2 is 2.00 bits per heavy atom. The van der Waals surface area contributed by atoms with Gasteiger partial charge in [-0.2, -0.15) is 0 Å². The fraction of sp³-hybridized carbons (Fsp3) is 0.238. The minimum Gasteiger partial charge on any atom is -0.462 e. The number of carbonyl (C=O) groups is 1. The number of ether oxygens (including phenoxy) is 1. The Morgan fingerprint density at radius 1 is 1.23 bits per heavy atom. The van der Waals surface area contributed by atoms with Crippen molar-refractivity contribution in [3.05, 3.63) is 70.4 Å². The van der Waals surface area contributed by atoms with Crippen LogP contribution in [0.15, 0.2) is 48.7 Å². The lowest BCUT2D eigenvalue weighted by Crippen LogP contribution is -2.13. The summed E-state index contributed by atoms with van der Waals surface area (Å²) in [7, 11) is 0. The molecule has 1 heterocycles. The van der Waals surface area contributed by atoms with Crippen molar-refractivity contribution < 1.29 is 9.53 Å². The van der Waals surface area contributed by atoms with E-state index in [1.807, 2.05) is 37.3 Å². The van der Waals surface area contributed by atoms with E-state index < -0.39 is 0 Å². The number of nitrogens with one attached hydrogen (secondary N) is 1. The molecular weight excluding hydrogens is 348 g/mol. The van der Waals surface area contributed by atoms with Crippen molar-refractivity contribution in [1.82, 2.24) is 4.98 Å². The molecule has 0 saturated carbocycles. The lowest BCUT2D eigenvalue weighted by atomic mass is 10.1. The van der Waals surface area contributed by atoms with Gasteiger partial charge < -0.3 is 10.1 Å². The minimum absolute atomic E-state index is 0.314. The number of esters is 1. The van der Waals surface area contributed by atoms with E-state index in [4.69, 9.17) is 16.3 Å². The Labute approximate surface area is 158 Å². The maximum absolute atomic E-state index is 12.4. The minimum atomic E-state index is -0.387. The van der Waals surface area contributed by atoms with E-state index in [9.17, 15) is 4.79 Å². The lowest BCUT2D eigenvalue weighted by Gasteiger charge is -2.15. The first-order chi connectivity index (χ1) is 12.6. The lowest BCUT2D eigenvalue weighted by molar-refractivity contribution is 0.0527. The summed E-state index contributed by atoms with van der Waals surface area (Å²) in [5, 5.41) is 4.84. The average molecular weight is 369 g/mol. The summed E-state index contributed by atoms with van der Waals surface area (Å²) < 4.78 is 5.19. The van der Waals surface area contributed by atoms with E-state index in [-0.39, 0.29) is 5.97 Å². The first kappa shape index (κ1) is 18.2. The molecule has 1 N–H and O–H groups in total. The molecule has 3 rings (SSSR count). The second kappa shape index (κ2) is 8.19. The molecule has 0 aliphatic heterocycles. The first-order valence-corrected chi connectivity index (χ1v) is 9.01. The van der Waals surface area contributed by atoms with Gasteiger partial charge in [0.2, 0.25) is 0 Å². The summed E-state index contributed by atoms with van der Waals surface area (Å²) in [5.74, 6) is -0.387. The van der Waals surface area contributed by atoms with Gasteiger partial charge in [-0.25, -0.2) is 4.79 Å². The fourth-order valence-corrected chi connectivity index (χ4v) is 3.24. The highest BCUT2D eigenvalue weighted by molar-refractivity contribution is 6.31. The highest BCUT2D eigenvalue weighted by Crippen LogP contribution is 2.31. The standard InChI is InChI=1S/C21H21ClN2O2/c1-3-26-21(25)18-13-24-19-14(2)11-16(22)12-17(19)20(18)23-10-9-15-7-5-4-6-8-15/h4-8,11-13H,3,9-10H2,1-2H3,(H,23,24). The van der Waals surface area contributed by atoms with Gasteiger partial charge in [-0.05, 0) is 43.5 Å². The number of hydrogen-bond donors (Lipinski definition) is 1. The number of nitrogens with zero attached hydrogens (tertiary/aromatic N) is 1. The van der Waals surface area contributed by atoms with Gasteiger partial charge in [0.05, 0.1) is 17.8 Å². The smallest absolute Gasteiger partial charge is 0.341 e. The Kier molecular flexibility index (Phi) is 5.74. The van der Waals surface area contributed by atoms with Gasteiger partial charge in [0.15, 0.2) is 0 Å². The first-order valence-electron chi connectivity index (χ1n) is 8.64. The Bertz CT molecular complexity index is 926. The molecule has 0 amide bonds. The van der Waals surface area contributed by atoms with Gasteiger partial charge in [0, 0.05) is 23.2 Å². The van der Waals surface area contributed by atoms with E-state index >= 15 is 0 Å². The van der Waals surface area contributed by atoms with Crippen molar-refractivity contribution >= 4 is 34.2 Å². The predicted molar refractivity (Wildman–Crippen MR) is 106 cm³/mol. The number of benzene rings is 2. The van der Waals surface area contributed by atoms with Gasteiger partial charge in [0.1, 0.15) is 5.56 Å². The SMILES string of the molecule is CCOC(=O)c1cnc2c(C)cc(Cl)cc2c1NCCc1ccccc1. The molecule has 0 bridgehead atoms. The normalized spacial score (nSPS) is 10.7. The van der Waals surface area contributed by atoms with Crippen molar-refractivity contribution in [3.63, 3.8) is 0 Å². The number of fused-ring (bicyclic) bond motifs is 1. The molecule has 0 aliphatic carbocycles. The molecule has 3 aromatic rings. The summed E-state index contributed by atoms with van der Waals surface area (Å²) in [5.41, 5.74) is 4.16. The van der Waals surface area contributed by atoms with Crippen LogP contribution >= 0.6 is 11.6 Å². The molecule has 0 saturated heterocycles. The van der Waals surface area contributed by atoms with E-state index in [1.165, 1.54) is 5.56 Å². The number of aryl methyl sites for hydroxylation is 1. The maximum Gasteiger partial charge on any atom is 0.341 e. The maximum atomic E-state index is 12.4. The Balaban J connectivity index is 1.98. The number of carbonyl (C=O) groups excluding carboxylic acids is 1. The van der Waals surface area contributed by atoms with E-state index in [0.717, 1.165) is 28.6 Å². The summed E-state index contributed by atoms with van der Waals surface area (Å²) in [6.45, 7) is 4.74. The Morgan fingerprint density at radius 3 is 2.73 bits per heavy atom. The molecule has 4 nitrogen and oxygen atoms in total. The number of halogens is 1. The molecule has 0 atom stereocenters. The van der Waals surface area contributed by atoms with Gasteiger partial charge in [0.25, 0.3) is 0 Å². The molecule has 0 radical (unpaired) electrons. The van der Waals surface area contributed by atoms with Gasteiger partial charge >= 0.3 is 5.97 Å². The second-order valence-electron chi connectivity index (χ2n) is 6.05. The molecule has 5 heteroatoms. The van der Waals surface area contributed by atoms with Crippen LogP contribution in [0.25, 0.3) is 10.9 Å². The molecule has 0 spiro atoms. The van der Waals surface area contributed by atoms with Crippen molar-refractivity contribution in [2.45, 2.75) is 20.3 Å². The monoisotopic (exact) mass is 368 g/mol. The Hall–Kier alpha value is -2.59. The van der Waals surface area contributed by atoms with Gasteiger partial charge in [-0.3, -0.25) is 4.98 Å². The number of rotatable bonds is 6. The van der Waals surface area contributed by atoms with Gasteiger partial charge in [-0.15, -0.1) is 0 Å². The van der Waals surface area contributed by atoms with Crippen LogP contribution in [0.5, 0.6) is 0 Å². The highest BCUT2D eigenvalue weighted by atomic mass is 35.5. The van der Waals surface area contributed by atoms with Crippen LogP contribution in [-0.2, 0) is 11.2 Å². The van der Waals surface area contributed by atoms with Crippen molar-refractivity contribution in [1.29, 1.82) is 0 Å².